The van der Waals surface area contributed by atoms with E-state index in [4.69, 9.17) is 4.74 Å². The van der Waals surface area contributed by atoms with E-state index in [1.165, 1.54) is 19.1 Å². The molecule has 0 aliphatic heterocycles. The third kappa shape index (κ3) is 6.70. The summed E-state index contributed by atoms with van der Waals surface area (Å²) in [4.78, 5) is 11.6. The van der Waals surface area contributed by atoms with Crippen LogP contribution < -0.4 is 4.74 Å². The zero-order valence-electron chi connectivity index (χ0n) is 22.3. The van der Waals surface area contributed by atoms with Gasteiger partial charge in [0.25, 0.3) is 0 Å². The summed E-state index contributed by atoms with van der Waals surface area (Å²) in [5.74, 6) is -18.2. The maximum atomic E-state index is 14.5. The minimum Gasteiger partial charge on any atom is -0.487 e. The van der Waals surface area contributed by atoms with Gasteiger partial charge in [0.15, 0.2) is 13.2 Å². The van der Waals surface area contributed by atoms with Gasteiger partial charge in [0.05, 0.1) is 11.4 Å². The average Bonchev–Trinajstić information content (AvgIpc) is 3.27. The minimum atomic E-state index is -5.84. The van der Waals surface area contributed by atoms with E-state index in [1.807, 2.05) is 41.0 Å². The van der Waals surface area contributed by atoms with Crippen LogP contribution in [0.5, 0.6) is 5.75 Å². The molecule has 0 amide bonds. The van der Waals surface area contributed by atoms with Crippen molar-refractivity contribution in [2.24, 2.45) is 11.8 Å². The van der Waals surface area contributed by atoms with Crippen molar-refractivity contribution in [2.75, 3.05) is 13.2 Å². The van der Waals surface area contributed by atoms with E-state index in [1.54, 1.807) is 13.0 Å². The van der Waals surface area contributed by atoms with Gasteiger partial charge in [-0.1, -0.05) is 58.0 Å². The molecule has 3 rings (SSSR count). The molecule has 0 aliphatic rings. The zero-order chi connectivity index (χ0) is 29.0. The molecule has 1 unspecified atom stereocenters. The molecule has 0 radical (unpaired) electrons. The quantitative estimate of drug-likeness (QED) is 0.157. The van der Waals surface area contributed by atoms with Crippen molar-refractivity contribution in [3.8, 4) is 17.0 Å². The summed E-state index contributed by atoms with van der Waals surface area (Å²) in [6.45, 7) is 3.46. The summed E-state index contributed by atoms with van der Waals surface area (Å²) in [7, 11) is 0. The molecule has 0 spiro atoms. The van der Waals surface area contributed by atoms with Gasteiger partial charge in [0, 0.05) is 23.7 Å². The van der Waals surface area contributed by atoms with E-state index in [0.717, 1.165) is 23.1 Å². The second-order valence-corrected chi connectivity index (χ2v) is 10.1. The number of fused-ring (bicyclic) bond motifs is 1. The van der Waals surface area contributed by atoms with Crippen LogP contribution in [-0.2, 0) is 16.1 Å². The highest BCUT2D eigenvalue weighted by atomic mass is 19.3. The van der Waals surface area contributed by atoms with E-state index in [-0.39, 0.29) is 12.2 Å². The minimum absolute atomic E-state index is 0.173. The van der Waals surface area contributed by atoms with Gasteiger partial charge in [-0.25, -0.2) is 0 Å². The van der Waals surface area contributed by atoms with Gasteiger partial charge in [-0.2, -0.15) is 26.3 Å². The number of rotatable bonds is 13. The van der Waals surface area contributed by atoms with Crippen molar-refractivity contribution in [3.63, 3.8) is 0 Å². The van der Waals surface area contributed by atoms with Crippen molar-refractivity contribution in [1.29, 1.82) is 0 Å². The molecule has 1 atom stereocenters. The lowest BCUT2D eigenvalue weighted by molar-refractivity contribution is -0.322. The molecule has 3 aromatic rings. The molecule has 4 nitrogen and oxygen atoms in total. The predicted octanol–water partition coefficient (Wildman–Crippen LogP) is 8.23. The van der Waals surface area contributed by atoms with Crippen LogP contribution in [0.2, 0.25) is 0 Å². The smallest absolute Gasteiger partial charge is 0.378 e. The number of ether oxygens (including phenoxy) is 2. The highest BCUT2D eigenvalue weighted by molar-refractivity contribution is 5.88. The zero-order valence-corrected chi connectivity index (χ0v) is 22.3. The number of benzene rings is 2. The summed E-state index contributed by atoms with van der Waals surface area (Å²) in [5.41, 5.74) is 2.44. The lowest BCUT2D eigenvalue weighted by Gasteiger charge is -2.32. The van der Waals surface area contributed by atoms with Crippen molar-refractivity contribution in [1.82, 2.24) is 4.57 Å². The highest BCUT2D eigenvalue weighted by Gasteiger charge is 2.72. The SMILES string of the molecule is CCC(C)C(=O)OCC(F)(F)C(F)(F)C(F)(F)COc1ccc2cc(-c3ccccc3)n(CCC(C)C)c2c1. The standard InChI is InChI=1S/C29H33F6NO3/c1-5-20(4)26(37)39-18-28(32,33)29(34,35)27(30,31)17-38-23-12-11-22-15-24(21-9-7-6-8-10-21)36(25(22)16-23)14-13-19(2)3/h6-12,15-16,19-20H,5,13-14,17-18H2,1-4H3. The number of hydrogen-bond donors (Lipinski definition) is 0. The second-order valence-electron chi connectivity index (χ2n) is 10.1. The number of carbonyl (C=O) groups is 1. The second kappa shape index (κ2) is 11.9. The lowest BCUT2D eigenvalue weighted by Crippen LogP contribution is -2.58. The van der Waals surface area contributed by atoms with Gasteiger partial charge in [-0.05, 0) is 42.5 Å². The Bertz CT molecular complexity index is 1260. The van der Waals surface area contributed by atoms with Crippen LogP contribution in [0.25, 0.3) is 22.2 Å². The molecule has 10 heteroatoms. The average molecular weight is 558 g/mol. The summed E-state index contributed by atoms with van der Waals surface area (Å²) < 4.78 is 97.0. The van der Waals surface area contributed by atoms with Gasteiger partial charge < -0.3 is 14.0 Å². The summed E-state index contributed by atoms with van der Waals surface area (Å²) >= 11 is 0. The Labute approximate surface area is 223 Å². The Kier molecular flexibility index (Phi) is 9.28. The molecule has 0 saturated heterocycles. The van der Waals surface area contributed by atoms with Gasteiger partial charge in [0.2, 0.25) is 0 Å². The first kappa shape index (κ1) is 30.4. The molecule has 0 N–H and O–H groups in total. The van der Waals surface area contributed by atoms with Gasteiger partial charge in [-0.15, -0.1) is 0 Å². The molecular formula is C29H33F6NO3. The summed E-state index contributed by atoms with van der Waals surface area (Å²) in [6.07, 6.45) is 1.03. The van der Waals surface area contributed by atoms with Crippen LogP contribution in [0.1, 0.15) is 40.5 Å². The first-order valence-electron chi connectivity index (χ1n) is 12.8. The molecular weight excluding hydrogens is 524 g/mol. The molecule has 214 valence electrons. The molecule has 0 bridgehead atoms. The molecule has 0 aliphatic carbocycles. The highest BCUT2D eigenvalue weighted by Crippen LogP contribution is 2.46. The number of aryl methyl sites for hydroxylation is 1. The van der Waals surface area contributed by atoms with Crippen LogP contribution >= 0.6 is 0 Å². The normalized spacial score (nSPS) is 13.6. The number of hydrogen-bond acceptors (Lipinski definition) is 3. The van der Waals surface area contributed by atoms with E-state index in [2.05, 4.69) is 18.6 Å². The number of carbonyl (C=O) groups excluding carboxylic acids is 1. The Hall–Kier alpha value is -3.17. The Morgan fingerprint density at radius 3 is 2.15 bits per heavy atom. The van der Waals surface area contributed by atoms with E-state index >= 15 is 0 Å². The Morgan fingerprint density at radius 2 is 1.54 bits per heavy atom. The number of aromatic nitrogens is 1. The van der Waals surface area contributed by atoms with Gasteiger partial charge >= 0.3 is 23.7 Å². The molecule has 0 saturated carbocycles. The summed E-state index contributed by atoms with van der Waals surface area (Å²) in [6, 6.07) is 15.8. The fourth-order valence-corrected chi connectivity index (χ4v) is 3.89. The van der Waals surface area contributed by atoms with E-state index in [0.29, 0.717) is 18.0 Å². The van der Waals surface area contributed by atoms with Crippen molar-refractivity contribution < 1.29 is 40.6 Å². The third-order valence-electron chi connectivity index (χ3n) is 6.62. The fraction of sp³-hybridized carbons (Fsp3) is 0.483. The predicted molar refractivity (Wildman–Crippen MR) is 138 cm³/mol. The Morgan fingerprint density at radius 1 is 0.897 bits per heavy atom. The number of nitrogens with zero attached hydrogens (tertiary/aromatic N) is 1. The number of halogens is 6. The monoisotopic (exact) mass is 557 g/mol. The van der Waals surface area contributed by atoms with Crippen LogP contribution in [-0.4, -0.2) is 41.5 Å². The third-order valence-corrected chi connectivity index (χ3v) is 6.62. The molecule has 39 heavy (non-hydrogen) atoms. The summed E-state index contributed by atoms with van der Waals surface area (Å²) in [5, 5.41) is 0.775. The fourth-order valence-electron chi connectivity index (χ4n) is 3.89. The van der Waals surface area contributed by atoms with E-state index < -0.39 is 42.9 Å². The Balaban J connectivity index is 1.83. The van der Waals surface area contributed by atoms with Gasteiger partial charge in [-0.3, -0.25) is 4.79 Å². The molecule has 2 aromatic carbocycles. The van der Waals surface area contributed by atoms with Crippen LogP contribution in [0.15, 0.2) is 54.6 Å². The maximum Gasteiger partial charge on any atom is 0.378 e. The van der Waals surface area contributed by atoms with Gasteiger partial charge in [0.1, 0.15) is 5.75 Å². The first-order chi connectivity index (χ1) is 18.2. The van der Waals surface area contributed by atoms with Crippen molar-refractivity contribution >= 4 is 16.9 Å². The maximum absolute atomic E-state index is 14.5. The van der Waals surface area contributed by atoms with Crippen LogP contribution in [0.4, 0.5) is 26.3 Å². The van der Waals surface area contributed by atoms with Crippen LogP contribution in [0, 0.1) is 11.8 Å². The van der Waals surface area contributed by atoms with Crippen molar-refractivity contribution in [3.05, 3.63) is 54.6 Å². The topological polar surface area (TPSA) is 40.5 Å². The van der Waals surface area contributed by atoms with Crippen molar-refractivity contribution in [2.45, 2.75) is 64.8 Å². The molecule has 1 heterocycles. The largest absolute Gasteiger partial charge is 0.487 e. The van der Waals surface area contributed by atoms with E-state index in [9.17, 15) is 31.1 Å². The number of esters is 1. The first-order valence-corrected chi connectivity index (χ1v) is 12.8. The van der Waals surface area contributed by atoms with Crippen LogP contribution in [0.3, 0.4) is 0 Å². The molecule has 1 aromatic heterocycles. The molecule has 0 fully saturated rings. The number of alkyl halides is 6. The lowest BCUT2D eigenvalue weighted by atomic mass is 10.1.